The van der Waals surface area contributed by atoms with E-state index in [1.807, 2.05) is 47.8 Å². The molecule has 0 amide bonds. The fourth-order valence-electron chi connectivity index (χ4n) is 2.60. The number of ether oxygens (including phenoxy) is 1. The van der Waals surface area contributed by atoms with Crippen molar-refractivity contribution in [2.75, 3.05) is 5.43 Å². The van der Waals surface area contributed by atoms with E-state index in [0.29, 0.717) is 21.5 Å². The predicted octanol–water partition coefficient (Wildman–Crippen LogP) is 6.13. The van der Waals surface area contributed by atoms with Crippen LogP contribution in [0.1, 0.15) is 15.9 Å². The molecule has 1 N–H and O–H groups in total. The van der Waals surface area contributed by atoms with Gasteiger partial charge in [0, 0.05) is 16.0 Å². The molecular formula is C23H16ClN3O2S. The number of nitrogens with one attached hydrogen (secondary N) is 1. The van der Waals surface area contributed by atoms with Crippen LogP contribution >= 0.6 is 22.9 Å². The number of halogens is 1. The molecule has 7 heteroatoms. The fraction of sp³-hybridized carbons (Fsp3) is 0. The summed E-state index contributed by atoms with van der Waals surface area (Å²) >= 11 is 7.38. The molecule has 0 atom stereocenters. The lowest BCUT2D eigenvalue weighted by Crippen LogP contribution is -2.08. The van der Waals surface area contributed by atoms with Gasteiger partial charge in [-0.05, 0) is 54.1 Å². The van der Waals surface area contributed by atoms with Crippen molar-refractivity contribution in [3.8, 4) is 17.0 Å². The molecule has 0 bridgehead atoms. The van der Waals surface area contributed by atoms with Gasteiger partial charge >= 0.3 is 5.97 Å². The largest absolute Gasteiger partial charge is 0.423 e. The molecule has 1 heterocycles. The Kier molecular flexibility index (Phi) is 6.17. The van der Waals surface area contributed by atoms with Crippen molar-refractivity contribution in [3.63, 3.8) is 0 Å². The average Bonchev–Trinajstić information content (AvgIpc) is 3.25. The Bertz CT molecular complexity index is 1160. The molecule has 0 unspecified atom stereocenters. The van der Waals surface area contributed by atoms with E-state index in [-0.39, 0.29) is 5.97 Å². The highest BCUT2D eigenvalue weighted by molar-refractivity contribution is 7.14. The molecule has 30 heavy (non-hydrogen) atoms. The maximum atomic E-state index is 12.1. The van der Waals surface area contributed by atoms with Crippen LogP contribution in [0.2, 0.25) is 5.02 Å². The molecule has 0 spiro atoms. The Morgan fingerprint density at radius 3 is 2.47 bits per heavy atom. The Balaban J connectivity index is 1.33. The number of thiazole rings is 1. The highest BCUT2D eigenvalue weighted by atomic mass is 35.5. The first-order chi connectivity index (χ1) is 14.7. The number of nitrogens with zero attached hydrogens (tertiary/aromatic N) is 2. The second-order valence-corrected chi connectivity index (χ2v) is 7.53. The van der Waals surface area contributed by atoms with Crippen molar-refractivity contribution >= 4 is 40.3 Å². The van der Waals surface area contributed by atoms with Crippen molar-refractivity contribution in [1.29, 1.82) is 0 Å². The number of aromatic nitrogens is 1. The van der Waals surface area contributed by atoms with Crippen LogP contribution in [-0.2, 0) is 0 Å². The van der Waals surface area contributed by atoms with Crippen LogP contribution in [-0.4, -0.2) is 17.2 Å². The monoisotopic (exact) mass is 433 g/mol. The zero-order valence-electron chi connectivity index (χ0n) is 15.7. The van der Waals surface area contributed by atoms with Gasteiger partial charge in [-0.25, -0.2) is 9.78 Å². The third-order valence-electron chi connectivity index (χ3n) is 4.12. The Morgan fingerprint density at radius 1 is 1.00 bits per heavy atom. The van der Waals surface area contributed by atoms with Gasteiger partial charge in [0.2, 0.25) is 5.13 Å². The number of hydrazone groups is 1. The van der Waals surface area contributed by atoms with Gasteiger partial charge in [0.25, 0.3) is 0 Å². The minimum absolute atomic E-state index is 0.390. The quantitative estimate of drug-likeness (QED) is 0.172. The van der Waals surface area contributed by atoms with E-state index in [1.54, 1.807) is 42.6 Å². The maximum Gasteiger partial charge on any atom is 0.343 e. The van der Waals surface area contributed by atoms with Gasteiger partial charge in [0.05, 0.1) is 17.5 Å². The maximum absolute atomic E-state index is 12.1. The Morgan fingerprint density at radius 2 is 1.73 bits per heavy atom. The normalized spacial score (nSPS) is 10.8. The molecule has 0 fully saturated rings. The second-order valence-electron chi connectivity index (χ2n) is 6.24. The number of carbonyl (C=O) groups is 1. The van der Waals surface area contributed by atoms with Crippen LogP contribution in [0.5, 0.6) is 5.75 Å². The van der Waals surface area contributed by atoms with Crippen molar-refractivity contribution in [3.05, 3.63) is 100 Å². The van der Waals surface area contributed by atoms with Gasteiger partial charge < -0.3 is 4.74 Å². The molecular weight excluding hydrogens is 418 g/mol. The molecule has 148 valence electrons. The van der Waals surface area contributed by atoms with Gasteiger partial charge in [0.15, 0.2) is 0 Å². The summed E-state index contributed by atoms with van der Waals surface area (Å²) in [6.45, 7) is 0. The number of rotatable bonds is 6. The zero-order valence-corrected chi connectivity index (χ0v) is 17.2. The smallest absolute Gasteiger partial charge is 0.343 e. The van der Waals surface area contributed by atoms with Crippen LogP contribution in [0.15, 0.2) is 89.3 Å². The predicted molar refractivity (Wildman–Crippen MR) is 122 cm³/mol. The summed E-state index contributed by atoms with van der Waals surface area (Å²) in [5.74, 6) is 0.0837. The molecule has 4 aromatic rings. The lowest BCUT2D eigenvalue weighted by molar-refractivity contribution is 0.0735. The summed E-state index contributed by atoms with van der Waals surface area (Å²) in [5, 5.41) is 7.55. The first-order valence-electron chi connectivity index (χ1n) is 9.05. The molecule has 0 aliphatic carbocycles. The van der Waals surface area contributed by atoms with Crippen molar-refractivity contribution < 1.29 is 9.53 Å². The Labute approximate surface area is 182 Å². The third kappa shape index (κ3) is 5.11. The van der Waals surface area contributed by atoms with Gasteiger partial charge in [-0.15, -0.1) is 11.3 Å². The summed E-state index contributed by atoms with van der Waals surface area (Å²) < 4.78 is 5.37. The number of hydrogen-bond donors (Lipinski definition) is 1. The lowest BCUT2D eigenvalue weighted by Gasteiger charge is -2.04. The molecule has 1 aromatic heterocycles. The Hall–Kier alpha value is -3.48. The van der Waals surface area contributed by atoms with E-state index in [1.165, 1.54) is 11.3 Å². The zero-order chi connectivity index (χ0) is 20.8. The summed E-state index contributed by atoms with van der Waals surface area (Å²) in [7, 11) is 0. The number of carbonyl (C=O) groups excluding carboxylic acids is 1. The van der Waals surface area contributed by atoms with Crippen molar-refractivity contribution in [2.45, 2.75) is 0 Å². The number of esters is 1. The minimum Gasteiger partial charge on any atom is -0.423 e. The number of anilines is 1. The van der Waals surface area contributed by atoms with Crippen LogP contribution < -0.4 is 10.2 Å². The molecule has 4 rings (SSSR count). The summed E-state index contributed by atoms with van der Waals surface area (Å²) in [4.78, 5) is 16.6. The summed E-state index contributed by atoms with van der Waals surface area (Å²) in [6, 6.07) is 23.5. The highest BCUT2D eigenvalue weighted by Gasteiger charge is 2.07. The van der Waals surface area contributed by atoms with Crippen molar-refractivity contribution in [1.82, 2.24) is 4.98 Å². The number of benzene rings is 3. The van der Waals surface area contributed by atoms with Crippen LogP contribution in [0.4, 0.5) is 5.13 Å². The van der Waals surface area contributed by atoms with E-state index in [9.17, 15) is 4.79 Å². The van der Waals surface area contributed by atoms with Gasteiger partial charge in [0.1, 0.15) is 5.75 Å². The summed E-state index contributed by atoms with van der Waals surface area (Å²) in [5.41, 5.74) is 6.15. The lowest BCUT2D eigenvalue weighted by atomic mass is 10.2. The molecule has 0 saturated heterocycles. The first-order valence-corrected chi connectivity index (χ1v) is 10.3. The van der Waals surface area contributed by atoms with E-state index < -0.39 is 0 Å². The third-order valence-corrected chi connectivity index (χ3v) is 5.12. The topological polar surface area (TPSA) is 63.6 Å². The van der Waals surface area contributed by atoms with Crippen LogP contribution in [0.25, 0.3) is 11.3 Å². The average molecular weight is 434 g/mol. The van der Waals surface area contributed by atoms with Crippen molar-refractivity contribution in [2.24, 2.45) is 5.10 Å². The molecule has 0 radical (unpaired) electrons. The molecule has 5 nitrogen and oxygen atoms in total. The van der Waals surface area contributed by atoms with Gasteiger partial charge in [-0.2, -0.15) is 5.10 Å². The summed E-state index contributed by atoms with van der Waals surface area (Å²) in [6.07, 6.45) is 1.67. The molecule has 0 saturated carbocycles. The minimum atomic E-state index is -0.390. The number of hydrogen-bond acceptors (Lipinski definition) is 6. The van der Waals surface area contributed by atoms with Gasteiger partial charge in [-0.1, -0.05) is 41.9 Å². The van der Waals surface area contributed by atoms with Crippen LogP contribution in [0.3, 0.4) is 0 Å². The fourth-order valence-corrected chi connectivity index (χ4v) is 3.40. The van der Waals surface area contributed by atoms with E-state index in [2.05, 4.69) is 15.5 Å². The van der Waals surface area contributed by atoms with Crippen LogP contribution in [0, 0.1) is 0 Å². The molecule has 0 aliphatic heterocycles. The highest BCUT2D eigenvalue weighted by Crippen LogP contribution is 2.26. The van der Waals surface area contributed by atoms with E-state index in [4.69, 9.17) is 16.3 Å². The SMILES string of the molecule is O=C(Oc1ccc(/C=N/Nc2nc(-c3ccc(Cl)cc3)cs2)cc1)c1ccccc1. The molecule has 0 aliphatic rings. The van der Waals surface area contributed by atoms with Gasteiger partial charge in [-0.3, -0.25) is 5.43 Å². The van der Waals surface area contributed by atoms with E-state index >= 15 is 0 Å². The van der Waals surface area contributed by atoms with E-state index in [0.717, 1.165) is 16.8 Å². The second kappa shape index (κ2) is 9.35. The first kappa shape index (κ1) is 19.8. The standard InChI is InChI=1S/C23H16ClN3O2S/c24-19-10-8-17(9-11-19)21-15-30-23(26-21)27-25-14-16-6-12-20(13-7-16)29-22(28)18-4-2-1-3-5-18/h1-15H,(H,26,27)/b25-14+. The molecule has 3 aromatic carbocycles.